The molecular formula is C13H15BrN2. The molecule has 1 aromatic rings. The van der Waals surface area contributed by atoms with E-state index in [1.807, 2.05) is 18.2 Å². The van der Waals surface area contributed by atoms with Crippen LogP contribution in [-0.4, -0.2) is 5.54 Å². The molecular weight excluding hydrogens is 264 g/mol. The molecule has 3 heteroatoms. The van der Waals surface area contributed by atoms with Crippen LogP contribution < -0.4 is 5.32 Å². The van der Waals surface area contributed by atoms with Crippen LogP contribution in [0.15, 0.2) is 22.7 Å². The summed E-state index contributed by atoms with van der Waals surface area (Å²) in [6.07, 6.45) is 4.94. The molecule has 1 aromatic carbocycles. The fourth-order valence-electron chi connectivity index (χ4n) is 2.32. The van der Waals surface area contributed by atoms with Crippen molar-refractivity contribution in [3.63, 3.8) is 0 Å². The van der Waals surface area contributed by atoms with Crippen molar-refractivity contribution in [3.8, 4) is 6.07 Å². The first-order valence-corrected chi connectivity index (χ1v) is 6.40. The van der Waals surface area contributed by atoms with Crippen LogP contribution in [0, 0.1) is 11.3 Å². The van der Waals surface area contributed by atoms with Crippen LogP contribution >= 0.6 is 15.9 Å². The van der Waals surface area contributed by atoms with Crippen molar-refractivity contribution in [2.75, 3.05) is 5.32 Å². The Morgan fingerprint density at radius 2 is 2.06 bits per heavy atom. The lowest BCUT2D eigenvalue weighted by Crippen LogP contribution is -2.31. The van der Waals surface area contributed by atoms with Gasteiger partial charge in [-0.1, -0.05) is 28.8 Å². The maximum atomic E-state index is 9.09. The highest BCUT2D eigenvalue weighted by Gasteiger charge is 2.28. The Hall–Kier alpha value is -1.01. The van der Waals surface area contributed by atoms with Gasteiger partial charge in [0.2, 0.25) is 0 Å². The molecule has 84 valence electrons. The number of hydrogen-bond acceptors (Lipinski definition) is 2. The maximum Gasteiger partial charge on any atom is 0.101 e. The van der Waals surface area contributed by atoms with Crippen LogP contribution in [0.5, 0.6) is 0 Å². The van der Waals surface area contributed by atoms with E-state index >= 15 is 0 Å². The van der Waals surface area contributed by atoms with Crippen LogP contribution in [0.4, 0.5) is 5.69 Å². The van der Waals surface area contributed by atoms with Gasteiger partial charge in [-0.3, -0.25) is 0 Å². The van der Waals surface area contributed by atoms with Crippen LogP contribution in [0.2, 0.25) is 0 Å². The fourth-order valence-corrected chi connectivity index (χ4v) is 2.68. The van der Waals surface area contributed by atoms with Gasteiger partial charge in [-0.25, -0.2) is 0 Å². The molecule has 0 atom stereocenters. The van der Waals surface area contributed by atoms with Crippen molar-refractivity contribution in [2.45, 2.75) is 38.1 Å². The first kappa shape index (κ1) is 11.5. The molecule has 2 rings (SSSR count). The zero-order valence-electron chi connectivity index (χ0n) is 9.39. The minimum atomic E-state index is 0.166. The summed E-state index contributed by atoms with van der Waals surface area (Å²) < 4.78 is 0.950. The van der Waals surface area contributed by atoms with E-state index in [2.05, 4.69) is 34.2 Å². The minimum absolute atomic E-state index is 0.166. The van der Waals surface area contributed by atoms with Gasteiger partial charge in [-0.05, 0) is 38.0 Å². The van der Waals surface area contributed by atoms with Crippen molar-refractivity contribution in [3.05, 3.63) is 28.2 Å². The Morgan fingerprint density at radius 1 is 1.38 bits per heavy atom. The highest BCUT2D eigenvalue weighted by atomic mass is 79.9. The molecule has 0 amide bonds. The van der Waals surface area contributed by atoms with Gasteiger partial charge < -0.3 is 5.32 Å². The Labute approximate surface area is 105 Å². The molecule has 1 fully saturated rings. The molecule has 0 aliphatic heterocycles. The van der Waals surface area contributed by atoms with E-state index < -0.39 is 0 Å². The largest absolute Gasteiger partial charge is 0.379 e. The van der Waals surface area contributed by atoms with Crippen molar-refractivity contribution in [1.82, 2.24) is 0 Å². The van der Waals surface area contributed by atoms with Gasteiger partial charge >= 0.3 is 0 Å². The Morgan fingerprint density at radius 3 is 2.69 bits per heavy atom. The molecule has 1 N–H and O–H groups in total. The summed E-state index contributed by atoms with van der Waals surface area (Å²) in [5, 5.41) is 12.6. The predicted octanol–water partition coefficient (Wildman–Crippen LogP) is 4.07. The van der Waals surface area contributed by atoms with Gasteiger partial charge in [0.05, 0.1) is 11.3 Å². The first-order chi connectivity index (χ1) is 7.63. The van der Waals surface area contributed by atoms with E-state index in [-0.39, 0.29) is 5.54 Å². The Balaban J connectivity index is 2.24. The maximum absolute atomic E-state index is 9.09. The molecule has 2 nitrogen and oxygen atoms in total. The third-order valence-electron chi connectivity index (χ3n) is 3.25. The third kappa shape index (κ3) is 2.38. The molecule has 1 aliphatic carbocycles. The summed E-state index contributed by atoms with van der Waals surface area (Å²) in [4.78, 5) is 0. The molecule has 1 saturated carbocycles. The number of nitrogens with one attached hydrogen (secondary N) is 1. The quantitative estimate of drug-likeness (QED) is 0.885. The Bertz CT molecular complexity index is 428. The molecule has 0 aromatic heterocycles. The number of anilines is 1. The highest BCUT2D eigenvalue weighted by molar-refractivity contribution is 9.10. The van der Waals surface area contributed by atoms with Gasteiger partial charge in [-0.2, -0.15) is 5.26 Å². The number of nitriles is 1. The lowest BCUT2D eigenvalue weighted by atomic mass is 9.99. The standard InChI is InChI=1S/C13H15BrN2/c1-13(6-2-3-7-13)16-12-5-4-11(14)8-10(12)9-15/h4-5,8,16H,2-3,6-7H2,1H3. The average Bonchev–Trinajstić information content (AvgIpc) is 2.68. The molecule has 0 unspecified atom stereocenters. The summed E-state index contributed by atoms with van der Waals surface area (Å²) in [6, 6.07) is 8.05. The van der Waals surface area contributed by atoms with Gasteiger partial charge in [0, 0.05) is 10.0 Å². The second-order valence-electron chi connectivity index (χ2n) is 4.69. The topological polar surface area (TPSA) is 35.8 Å². The van der Waals surface area contributed by atoms with Gasteiger partial charge in [0.25, 0.3) is 0 Å². The minimum Gasteiger partial charge on any atom is -0.379 e. The summed E-state index contributed by atoms with van der Waals surface area (Å²) in [7, 11) is 0. The van der Waals surface area contributed by atoms with Crippen LogP contribution in [0.1, 0.15) is 38.2 Å². The number of halogens is 1. The molecule has 0 bridgehead atoms. The molecule has 0 spiro atoms. The SMILES string of the molecule is CC1(Nc2ccc(Br)cc2C#N)CCCC1. The Kier molecular flexibility index (Phi) is 3.20. The number of hydrogen-bond donors (Lipinski definition) is 1. The summed E-state index contributed by atoms with van der Waals surface area (Å²) in [5.74, 6) is 0. The monoisotopic (exact) mass is 278 g/mol. The van der Waals surface area contributed by atoms with E-state index in [0.717, 1.165) is 10.2 Å². The van der Waals surface area contributed by atoms with Crippen LogP contribution in [0.3, 0.4) is 0 Å². The summed E-state index contributed by atoms with van der Waals surface area (Å²) >= 11 is 3.38. The fraction of sp³-hybridized carbons (Fsp3) is 0.462. The average molecular weight is 279 g/mol. The van der Waals surface area contributed by atoms with Crippen molar-refractivity contribution >= 4 is 21.6 Å². The number of rotatable bonds is 2. The predicted molar refractivity (Wildman–Crippen MR) is 69.4 cm³/mol. The van der Waals surface area contributed by atoms with E-state index in [1.165, 1.54) is 25.7 Å². The van der Waals surface area contributed by atoms with Crippen molar-refractivity contribution in [1.29, 1.82) is 5.26 Å². The number of nitrogens with zero attached hydrogens (tertiary/aromatic N) is 1. The molecule has 0 heterocycles. The first-order valence-electron chi connectivity index (χ1n) is 5.61. The molecule has 1 aliphatic rings. The second-order valence-corrected chi connectivity index (χ2v) is 5.61. The van der Waals surface area contributed by atoms with Gasteiger partial charge in [-0.15, -0.1) is 0 Å². The molecule has 0 saturated heterocycles. The molecule has 16 heavy (non-hydrogen) atoms. The lowest BCUT2D eigenvalue weighted by Gasteiger charge is -2.27. The van der Waals surface area contributed by atoms with Gasteiger partial charge in [0.1, 0.15) is 6.07 Å². The summed E-state index contributed by atoms with van der Waals surface area (Å²) in [6.45, 7) is 2.24. The number of benzene rings is 1. The molecule has 0 radical (unpaired) electrons. The zero-order valence-corrected chi connectivity index (χ0v) is 11.0. The third-order valence-corrected chi connectivity index (χ3v) is 3.74. The van der Waals surface area contributed by atoms with Crippen LogP contribution in [-0.2, 0) is 0 Å². The smallest absolute Gasteiger partial charge is 0.101 e. The van der Waals surface area contributed by atoms with E-state index in [9.17, 15) is 0 Å². The summed E-state index contributed by atoms with van der Waals surface area (Å²) in [5.41, 5.74) is 1.83. The van der Waals surface area contributed by atoms with E-state index in [1.54, 1.807) is 0 Å². The zero-order chi connectivity index (χ0) is 11.6. The van der Waals surface area contributed by atoms with Crippen molar-refractivity contribution < 1.29 is 0 Å². The van der Waals surface area contributed by atoms with Gasteiger partial charge in [0.15, 0.2) is 0 Å². The lowest BCUT2D eigenvalue weighted by molar-refractivity contribution is 0.533. The second kappa shape index (κ2) is 4.47. The van der Waals surface area contributed by atoms with Crippen LogP contribution in [0.25, 0.3) is 0 Å². The van der Waals surface area contributed by atoms with E-state index in [0.29, 0.717) is 5.56 Å². The highest BCUT2D eigenvalue weighted by Crippen LogP contribution is 2.34. The van der Waals surface area contributed by atoms with E-state index in [4.69, 9.17) is 5.26 Å². The normalized spacial score (nSPS) is 18.1. The van der Waals surface area contributed by atoms with Crippen molar-refractivity contribution in [2.24, 2.45) is 0 Å².